The minimum absolute atomic E-state index is 0.121. The van der Waals surface area contributed by atoms with Gasteiger partial charge >= 0.3 is 0 Å². The Labute approximate surface area is 151 Å². The number of benzene rings is 2. The molecule has 1 radical (unpaired) electrons. The number of nitrogens with zero attached hydrogens (tertiary/aromatic N) is 3. The maximum absolute atomic E-state index is 11.9. The normalized spacial score (nSPS) is 13.3. The molecular formula is C21H17N4O. The second kappa shape index (κ2) is 6.80. The Bertz CT molecular complexity index is 982. The SMILES string of the molecule is CN=C(NC(=O)C1=C[CH]1)c1ccc(-c2ccc(-n3ccnc3)cc2)cc1. The molecule has 2 aromatic carbocycles. The predicted octanol–water partition coefficient (Wildman–Crippen LogP) is 3.18. The number of allylic oxidation sites excluding steroid dienone is 1. The van der Waals surface area contributed by atoms with Crippen LogP contribution in [0.4, 0.5) is 0 Å². The van der Waals surface area contributed by atoms with E-state index in [2.05, 4.69) is 39.6 Å². The number of aliphatic imine (C=N–C) groups is 1. The van der Waals surface area contributed by atoms with Crippen LogP contribution in [-0.2, 0) is 4.79 Å². The topological polar surface area (TPSA) is 59.3 Å². The lowest BCUT2D eigenvalue weighted by molar-refractivity contribution is -0.115. The largest absolute Gasteiger partial charge is 0.307 e. The average molecular weight is 341 g/mol. The standard InChI is InChI=1S/C21H17N4O/c1-22-20(24-21(26)18-6-7-18)17-4-2-15(3-5-17)16-8-10-19(11-9-16)25-13-12-23-14-25/h2-14H,1H3,(H,22,24,26). The van der Waals surface area contributed by atoms with Crippen LogP contribution in [0, 0.1) is 6.42 Å². The Morgan fingerprint density at radius 1 is 1.04 bits per heavy atom. The van der Waals surface area contributed by atoms with Gasteiger partial charge in [0.2, 0.25) is 0 Å². The summed E-state index contributed by atoms with van der Waals surface area (Å²) in [6.07, 6.45) is 9.01. The highest BCUT2D eigenvalue weighted by atomic mass is 16.1. The number of carbonyl (C=O) groups excluding carboxylic acids is 1. The Hall–Kier alpha value is -3.47. The van der Waals surface area contributed by atoms with Crippen molar-refractivity contribution < 1.29 is 4.79 Å². The number of hydrogen-bond acceptors (Lipinski definition) is 3. The molecule has 5 nitrogen and oxygen atoms in total. The lowest BCUT2D eigenvalue weighted by atomic mass is 10.0. The van der Waals surface area contributed by atoms with Crippen molar-refractivity contribution in [1.82, 2.24) is 14.9 Å². The van der Waals surface area contributed by atoms with Crippen molar-refractivity contribution in [3.05, 3.63) is 90.9 Å². The highest BCUT2D eigenvalue weighted by Gasteiger charge is 2.19. The summed E-state index contributed by atoms with van der Waals surface area (Å²) in [6, 6.07) is 16.3. The Morgan fingerprint density at radius 2 is 1.69 bits per heavy atom. The molecule has 1 N–H and O–H groups in total. The lowest BCUT2D eigenvalue weighted by Gasteiger charge is -2.09. The molecule has 0 aliphatic heterocycles. The molecule has 0 saturated heterocycles. The van der Waals surface area contributed by atoms with Crippen molar-refractivity contribution in [2.75, 3.05) is 7.05 Å². The molecule has 0 unspecified atom stereocenters. The summed E-state index contributed by atoms with van der Waals surface area (Å²) in [5, 5.41) is 2.83. The highest BCUT2D eigenvalue weighted by molar-refractivity contribution is 6.15. The van der Waals surface area contributed by atoms with Crippen LogP contribution in [0.1, 0.15) is 5.56 Å². The van der Waals surface area contributed by atoms with E-state index in [1.165, 1.54) is 0 Å². The quantitative estimate of drug-likeness (QED) is 0.585. The van der Waals surface area contributed by atoms with E-state index in [4.69, 9.17) is 0 Å². The minimum atomic E-state index is -0.121. The van der Waals surface area contributed by atoms with Gasteiger partial charge in [0, 0.05) is 42.7 Å². The number of amidine groups is 1. The van der Waals surface area contributed by atoms with Gasteiger partial charge in [-0.05, 0) is 23.3 Å². The van der Waals surface area contributed by atoms with Gasteiger partial charge in [0.25, 0.3) is 5.91 Å². The molecule has 127 valence electrons. The summed E-state index contributed by atoms with van der Waals surface area (Å²) < 4.78 is 1.96. The first-order valence-electron chi connectivity index (χ1n) is 8.27. The molecular weight excluding hydrogens is 324 g/mol. The van der Waals surface area contributed by atoms with Gasteiger partial charge in [-0.25, -0.2) is 4.98 Å². The number of nitrogens with one attached hydrogen (secondary N) is 1. The third-order valence-electron chi connectivity index (χ3n) is 4.21. The summed E-state index contributed by atoms with van der Waals surface area (Å²) in [5.74, 6) is 0.447. The van der Waals surface area contributed by atoms with Crippen molar-refractivity contribution in [3.63, 3.8) is 0 Å². The first-order valence-corrected chi connectivity index (χ1v) is 8.27. The zero-order valence-electron chi connectivity index (χ0n) is 14.3. The van der Waals surface area contributed by atoms with Crippen LogP contribution >= 0.6 is 0 Å². The van der Waals surface area contributed by atoms with E-state index in [0.29, 0.717) is 11.4 Å². The molecule has 1 aliphatic carbocycles. The number of aromatic nitrogens is 2. The van der Waals surface area contributed by atoms with Crippen LogP contribution in [0.5, 0.6) is 0 Å². The van der Waals surface area contributed by atoms with Gasteiger partial charge in [0.1, 0.15) is 5.84 Å². The fourth-order valence-electron chi connectivity index (χ4n) is 2.69. The molecule has 3 aromatic rings. The maximum Gasteiger partial charge on any atom is 0.253 e. The zero-order chi connectivity index (χ0) is 17.9. The molecule has 1 aromatic heterocycles. The number of hydrogen-bond donors (Lipinski definition) is 1. The molecule has 0 fully saturated rings. The van der Waals surface area contributed by atoms with E-state index in [9.17, 15) is 4.79 Å². The summed E-state index contributed by atoms with van der Waals surface area (Å²) in [7, 11) is 1.67. The van der Waals surface area contributed by atoms with Crippen molar-refractivity contribution in [2.45, 2.75) is 0 Å². The van der Waals surface area contributed by atoms with Gasteiger partial charge in [-0.2, -0.15) is 0 Å². The van der Waals surface area contributed by atoms with E-state index in [-0.39, 0.29) is 5.91 Å². The summed E-state index contributed by atoms with van der Waals surface area (Å²) >= 11 is 0. The highest BCUT2D eigenvalue weighted by Crippen LogP contribution is 2.22. The Kier molecular flexibility index (Phi) is 4.19. The second-order valence-corrected chi connectivity index (χ2v) is 5.91. The fourth-order valence-corrected chi connectivity index (χ4v) is 2.69. The first kappa shape index (κ1) is 16.0. The molecule has 0 spiro atoms. The van der Waals surface area contributed by atoms with Crippen LogP contribution in [0.3, 0.4) is 0 Å². The predicted molar refractivity (Wildman–Crippen MR) is 102 cm³/mol. The van der Waals surface area contributed by atoms with Gasteiger partial charge in [-0.15, -0.1) is 0 Å². The van der Waals surface area contributed by atoms with Crippen LogP contribution in [0.2, 0.25) is 0 Å². The number of imidazole rings is 1. The molecule has 0 atom stereocenters. The smallest absolute Gasteiger partial charge is 0.253 e. The van der Waals surface area contributed by atoms with Crippen molar-refractivity contribution in [2.24, 2.45) is 4.99 Å². The van der Waals surface area contributed by atoms with Crippen molar-refractivity contribution in [1.29, 1.82) is 0 Å². The lowest BCUT2D eigenvalue weighted by Crippen LogP contribution is -2.30. The van der Waals surface area contributed by atoms with Crippen LogP contribution in [-0.4, -0.2) is 28.3 Å². The van der Waals surface area contributed by atoms with Gasteiger partial charge in [0.15, 0.2) is 0 Å². The van der Waals surface area contributed by atoms with Gasteiger partial charge in [-0.3, -0.25) is 9.79 Å². The summed E-state index contributed by atoms with van der Waals surface area (Å²) in [4.78, 5) is 20.1. The van der Waals surface area contributed by atoms with Gasteiger partial charge in [0.05, 0.1) is 6.33 Å². The van der Waals surface area contributed by atoms with E-state index in [0.717, 1.165) is 22.4 Å². The Morgan fingerprint density at radius 3 is 2.23 bits per heavy atom. The van der Waals surface area contributed by atoms with Gasteiger partial charge < -0.3 is 9.88 Å². The van der Waals surface area contributed by atoms with E-state index >= 15 is 0 Å². The monoisotopic (exact) mass is 341 g/mol. The number of carbonyl (C=O) groups is 1. The Balaban J connectivity index is 1.51. The second-order valence-electron chi connectivity index (χ2n) is 5.91. The number of rotatable bonds is 4. The molecule has 1 heterocycles. The van der Waals surface area contributed by atoms with E-state index < -0.39 is 0 Å². The van der Waals surface area contributed by atoms with Crippen molar-refractivity contribution >= 4 is 11.7 Å². The first-order chi connectivity index (χ1) is 12.7. The van der Waals surface area contributed by atoms with Crippen molar-refractivity contribution in [3.8, 4) is 16.8 Å². The summed E-state index contributed by atoms with van der Waals surface area (Å²) in [6.45, 7) is 0. The van der Waals surface area contributed by atoms with E-state index in [1.54, 1.807) is 32.1 Å². The molecule has 5 heteroatoms. The fraction of sp³-hybridized carbons (Fsp3) is 0.0476. The minimum Gasteiger partial charge on any atom is -0.307 e. The molecule has 1 amide bonds. The molecule has 1 aliphatic rings. The maximum atomic E-state index is 11.9. The van der Waals surface area contributed by atoms with E-state index in [1.807, 2.05) is 35.0 Å². The van der Waals surface area contributed by atoms with Crippen LogP contribution < -0.4 is 5.32 Å². The van der Waals surface area contributed by atoms with Gasteiger partial charge in [-0.1, -0.05) is 42.5 Å². The third-order valence-corrected chi connectivity index (χ3v) is 4.21. The third kappa shape index (κ3) is 3.32. The average Bonchev–Trinajstić information content (AvgIpc) is 3.41. The molecule has 0 bridgehead atoms. The molecule has 0 saturated carbocycles. The van der Waals surface area contributed by atoms with Crippen LogP contribution in [0.15, 0.2) is 83.9 Å². The molecule has 4 rings (SSSR count). The van der Waals surface area contributed by atoms with Crippen LogP contribution in [0.25, 0.3) is 16.8 Å². The zero-order valence-corrected chi connectivity index (χ0v) is 14.3. The number of amides is 1. The summed E-state index contributed by atoms with van der Waals surface area (Å²) in [5.41, 5.74) is 4.86. The molecule has 26 heavy (non-hydrogen) atoms.